The van der Waals surface area contributed by atoms with Crippen molar-refractivity contribution in [2.75, 3.05) is 0 Å². The fourth-order valence-corrected chi connectivity index (χ4v) is 1.42. The third kappa shape index (κ3) is 1.93. The van der Waals surface area contributed by atoms with Crippen LogP contribution in [0.25, 0.3) is 0 Å². The SMILES string of the molecule is C=C[C@@H]1CC=C[C@@H]1CC(=O)O. The average Bonchev–Trinajstić information content (AvgIpc) is 2.34. The van der Waals surface area contributed by atoms with Gasteiger partial charge in [-0.2, -0.15) is 0 Å². The molecule has 2 heteroatoms. The molecule has 0 bridgehead atoms. The number of hydrogen-bond acceptors (Lipinski definition) is 1. The van der Waals surface area contributed by atoms with Crippen molar-refractivity contribution < 1.29 is 9.90 Å². The first-order valence-corrected chi connectivity index (χ1v) is 3.75. The van der Waals surface area contributed by atoms with E-state index in [0.717, 1.165) is 6.42 Å². The minimum absolute atomic E-state index is 0.171. The van der Waals surface area contributed by atoms with Gasteiger partial charge in [0.2, 0.25) is 0 Å². The third-order valence-corrected chi connectivity index (χ3v) is 2.05. The van der Waals surface area contributed by atoms with Gasteiger partial charge in [-0.25, -0.2) is 0 Å². The van der Waals surface area contributed by atoms with Crippen LogP contribution in [0.15, 0.2) is 24.8 Å². The Balaban J connectivity index is 2.49. The Morgan fingerprint density at radius 3 is 3.09 bits per heavy atom. The summed E-state index contributed by atoms with van der Waals surface area (Å²) in [5, 5.41) is 8.52. The van der Waals surface area contributed by atoms with Crippen molar-refractivity contribution in [3.63, 3.8) is 0 Å². The minimum Gasteiger partial charge on any atom is -0.481 e. The highest BCUT2D eigenvalue weighted by Crippen LogP contribution is 2.28. The van der Waals surface area contributed by atoms with Crippen LogP contribution >= 0.6 is 0 Å². The molecule has 11 heavy (non-hydrogen) atoms. The van der Waals surface area contributed by atoms with Crippen LogP contribution in [-0.4, -0.2) is 11.1 Å². The van der Waals surface area contributed by atoms with E-state index < -0.39 is 5.97 Å². The van der Waals surface area contributed by atoms with Gasteiger partial charge in [0.1, 0.15) is 0 Å². The van der Waals surface area contributed by atoms with Crippen molar-refractivity contribution in [3.8, 4) is 0 Å². The summed E-state index contributed by atoms with van der Waals surface area (Å²) in [6, 6.07) is 0. The van der Waals surface area contributed by atoms with Crippen LogP contribution in [0.2, 0.25) is 0 Å². The molecule has 1 aliphatic rings. The first-order chi connectivity index (χ1) is 5.24. The molecule has 60 valence electrons. The second kappa shape index (κ2) is 3.37. The number of rotatable bonds is 3. The Hall–Kier alpha value is -1.05. The Bertz CT molecular complexity index is 194. The Kier molecular flexibility index (Phi) is 2.47. The summed E-state index contributed by atoms with van der Waals surface area (Å²) < 4.78 is 0. The van der Waals surface area contributed by atoms with E-state index in [-0.39, 0.29) is 12.3 Å². The fourth-order valence-electron chi connectivity index (χ4n) is 1.42. The summed E-state index contributed by atoms with van der Waals surface area (Å²) in [6.07, 6.45) is 7.02. The zero-order chi connectivity index (χ0) is 8.27. The zero-order valence-electron chi connectivity index (χ0n) is 6.36. The molecule has 0 radical (unpaired) electrons. The molecule has 2 nitrogen and oxygen atoms in total. The van der Waals surface area contributed by atoms with Gasteiger partial charge >= 0.3 is 5.97 Å². The van der Waals surface area contributed by atoms with Crippen LogP contribution in [-0.2, 0) is 4.79 Å². The van der Waals surface area contributed by atoms with E-state index >= 15 is 0 Å². The van der Waals surface area contributed by atoms with Gasteiger partial charge in [0.15, 0.2) is 0 Å². The van der Waals surface area contributed by atoms with Crippen LogP contribution in [0.1, 0.15) is 12.8 Å². The number of hydrogen-bond donors (Lipinski definition) is 1. The number of allylic oxidation sites excluding steroid dienone is 3. The predicted octanol–water partition coefficient (Wildman–Crippen LogP) is 1.84. The summed E-state index contributed by atoms with van der Waals surface area (Å²) >= 11 is 0. The summed E-state index contributed by atoms with van der Waals surface area (Å²) in [5.41, 5.74) is 0. The molecule has 0 aromatic rings. The van der Waals surface area contributed by atoms with E-state index in [4.69, 9.17) is 5.11 Å². The fraction of sp³-hybridized carbons (Fsp3) is 0.444. The molecule has 0 aliphatic heterocycles. The zero-order valence-corrected chi connectivity index (χ0v) is 6.36. The monoisotopic (exact) mass is 152 g/mol. The number of aliphatic carboxylic acids is 1. The summed E-state index contributed by atoms with van der Waals surface area (Å²) in [7, 11) is 0. The van der Waals surface area contributed by atoms with Crippen molar-refractivity contribution >= 4 is 5.97 Å². The number of carboxylic acid groups (broad SMARTS) is 1. The van der Waals surface area contributed by atoms with Crippen molar-refractivity contribution in [1.29, 1.82) is 0 Å². The Labute approximate surface area is 66.2 Å². The molecule has 0 saturated heterocycles. The highest BCUT2D eigenvalue weighted by Gasteiger charge is 2.21. The van der Waals surface area contributed by atoms with Gasteiger partial charge in [-0.15, -0.1) is 6.58 Å². The number of carbonyl (C=O) groups is 1. The van der Waals surface area contributed by atoms with Crippen LogP contribution in [0, 0.1) is 11.8 Å². The number of carboxylic acids is 1. The van der Waals surface area contributed by atoms with Gasteiger partial charge in [-0.05, 0) is 18.3 Å². The Morgan fingerprint density at radius 1 is 1.82 bits per heavy atom. The lowest BCUT2D eigenvalue weighted by molar-refractivity contribution is -0.137. The van der Waals surface area contributed by atoms with Gasteiger partial charge in [-0.3, -0.25) is 4.79 Å². The summed E-state index contributed by atoms with van der Waals surface area (Å²) in [5.74, 6) is -0.218. The van der Waals surface area contributed by atoms with E-state index in [0.29, 0.717) is 5.92 Å². The highest BCUT2D eigenvalue weighted by molar-refractivity contribution is 5.67. The van der Waals surface area contributed by atoms with E-state index in [1.807, 2.05) is 18.2 Å². The molecule has 0 saturated carbocycles. The van der Waals surface area contributed by atoms with Crippen molar-refractivity contribution in [3.05, 3.63) is 24.8 Å². The summed E-state index contributed by atoms with van der Waals surface area (Å²) in [4.78, 5) is 10.3. The van der Waals surface area contributed by atoms with E-state index in [1.165, 1.54) is 0 Å². The van der Waals surface area contributed by atoms with Crippen molar-refractivity contribution in [1.82, 2.24) is 0 Å². The predicted molar refractivity (Wildman–Crippen MR) is 43.2 cm³/mol. The van der Waals surface area contributed by atoms with Gasteiger partial charge < -0.3 is 5.11 Å². The largest absolute Gasteiger partial charge is 0.481 e. The first-order valence-electron chi connectivity index (χ1n) is 3.75. The molecule has 2 atom stereocenters. The van der Waals surface area contributed by atoms with Crippen LogP contribution in [0.3, 0.4) is 0 Å². The Morgan fingerprint density at radius 2 is 2.55 bits per heavy atom. The molecule has 0 aromatic carbocycles. The summed E-state index contributed by atoms with van der Waals surface area (Å²) in [6.45, 7) is 3.67. The minimum atomic E-state index is -0.728. The molecule has 1 rings (SSSR count). The molecular formula is C9H12O2. The maximum Gasteiger partial charge on any atom is 0.303 e. The van der Waals surface area contributed by atoms with Gasteiger partial charge in [0.25, 0.3) is 0 Å². The molecule has 0 spiro atoms. The maximum absolute atomic E-state index is 10.3. The van der Waals surface area contributed by atoms with E-state index in [9.17, 15) is 4.79 Å². The van der Waals surface area contributed by atoms with Gasteiger partial charge in [0.05, 0.1) is 6.42 Å². The van der Waals surface area contributed by atoms with Crippen molar-refractivity contribution in [2.24, 2.45) is 11.8 Å². The average molecular weight is 152 g/mol. The molecule has 1 N–H and O–H groups in total. The first kappa shape index (κ1) is 8.05. The third-order valence-electron chi connectivity index (χ3n) is 2.05. The van der Waals surface area contributed by atoms with Gasteiger partial charge in [-0.1, -0.05) is 18.2 Å². The maximum atomic E-state index is 10.3. The second-order valence-corrected chi connectivity index (χ2v) is 2.83. The highest BCUT2D eigenvalue weighted by atomic mass is 16.4. The molecular weight excluding hydrogens is 140 g/mol. The van der Waals surface area contributed by atoms with Crippen LogP contribution < -0.4 is 0 Å². The molecule has 0 fully saturated rings. The van der Waals surface area contributed by atoms with Crippen LogP contribution in [0.5, 0.6) is 0 Å². The normalized spacial score (nSPS) is 28.7. The molecule has 0 unspecified atom stereocenters. The second-order valence-electron chi connectivity index (χ2n) is 2.83. The molecule has 0 amide bonds. The van der Waals surface area contributed by atoms with E-state index in [2.05, 4.69) is 6.58 Å². The van der Waals surface area contributed by atoms with Gasteiger partial charge in [0, 0.05) is 0 Å². The van der Waals surface area contributed by atoms with Crippen molar-refractivity contribution in [2.45, 2.75) is 12.8 Å². The molecule has 0 heterocycles. The molecule has 0 aromatic heterocycles. The lowest BCUT2D eigenvalue weighted by Crippen LogP contribution is -2.10. The lowest BCUT2D eigenvalue weighted by Gasteiger charge is -2.11. The quantitative estimate of drug-likeness (QED) is 0.626. The standard InChI is InChI=1S/C9H12O2/c1-2-7-4-3-5-8(7)6-9(10)11/h2-3,5,7-8H,1,4,6H2,(H,10,11)/t7-,8-/m1/s1. The van der Waals surface area contributed by atoms with E-state index in [1.54, 1.807) is 0 Å². The molecule has 1 aliphatic carbocycles. The lowest BCUT2D eigenvalue weighted by atomic mass is 9.93. The smallest absolute Gasteiger partial charge is 0.303 e. The van der Waals surface area contributed by atoms with Crippen LogP contribution in [0.4, 0.5) is 0 Å². The topological polar surface area (TPSA) is 37.3 Å².